The molecule has 0 bridgehead atoms. The summed E-state index contributed by atoms with van der Waals surface area (Å²) in [4.78, 5) is 0. The standard InChI is InChI=1S/2C3H5.2ClH.Zr/c2*1-3-2;;;/h2*3H,1-2H2;2*1H;/q2*-1;;;+4/p-2. The van der Waals surface area contributed by atoms with Crippen molar-refractivity contribution in [3.05, 3.63) is 39.2 Å². The van der Waals surface area contributed by atoms with E-state index in [1.165, 1.54) is 12.2 Å². The van der Waals surface area contributed by atoms with Gasteiger partial charge < -0.3 is 0 Å². The van der Waals surface area contributed by atoms with E-state index in [1.807, 2.05) is 0 Å². The van der Waals surface area contributed by atoms with Gasteiger partial charge in [0.15, 0.2) is 0 Å². The summed E-state index contributed by atoms with van der Waals surface area (Å²) in [6, 6.07) is 0. The Bertz CT molecular complexity index is 40.3. The molecule has 0 rings (SSSR count). The van der Waals surface area contributed by atoms with Gasteiger partial charge in [-0.15, -0.1) is 0 Å². The van der Waals surface area contributed by atoms with Crippen LogP contribution >= 0.6 is 17.0 Å². The molecule has 0 spiro atoms. The van der Waals surface area contributed by atoms with Crippen LogP contribution in [0.2, 0.25) is 0 Å². The zero-order valence-electron chi connectivity index (χ0n) is 5.24. The molecule has 0 heterocycles. The van der Waals surface area contributed by atoms with Crippen LogP contribution in [-0.2, 0) is 20.8 Å². The topological polar surface area (TPSA) is 0 Å². The average Bonchev–Trinajstić information content (AvgIpc) is 1.70. The maximum atomic E-state index is 4.93. The van der Waals surface area contributed by atoms with Crippen LogP contribution in [0.25, 0.3) is 0 Å². The number of hydrogen-bond acceptors (Lipinski definition) is 0. The molecule has 0 aliphatic rings. The van der Waals surface area contributed by atoms with Crippen molar-refractivity contribution in [2.45, 2.75) is 0 Å². The first kappa shape index (κ1) is 16.3. The third-order valence-corrected chi connectivity index (χ3v) is 0. The van der Waals surface area contributed by atoms with Gasteiger partial charge in [0.05, 0.1) is 0 Å². The predicted octanol–water partition coefficient (Wildman–Crippen LogP) is 3.39. The normalized spacial score (nSPS) is 3.78. The molecule has 0 unspecified atom stereocenters. The molecule has 0 amide bonds. The Hall–Kier alpha value is 0.683. The van der Waals surface area contributed by atoms with E-state index in [-0.39, 0.29) is 0 Å². The number of rotatable bonds is 0. The van der Waals surface area contributed by atoms with E-state index in [1.54, 1.807) is 0 Å². The van der Waals surface area contributed by atoms with Crippen molar-refractivity contribution >= 4 is 17.0 Å². The van der Waals surface area contributed by atoms with Crippen LogP contribution in [0.3, 0.4) is 0 Å². The molecule has 0 radical (unpaired) electrons. The second-order valence-electron chi connectivity index (χ2n) is 0.649. The Morgan fingerprint density at radius 2 is 1.11 bits per heavy atom. The Morgan fingerprint density at radius 3 is 1.11 bits per heavy atom. The molecular weight excluding hydrogens is 234 g/mol. The van der Waals surface area contributed by atoms with Crippen molar-refractivity contribution in [1.29, 1.82) is 0 Å². The van der Waals surface area contributed by atoms with Crippen LogP contribution in [0, 0.1) is 13.8 Å². The van der Waals surface area contributed by atoms with Crippen LogP contribution in [-0.4, -0.2) is 0 Å². The summed E-state index contributed by atoms with van der Waals surface area (Å²) in [6.07, 6.45) is 3.00. The summed E-state index contributed by atoms with van der Waals surface area (Å²) >= 11 is -0.826. The molecular formula is C6H10Cl2Zr. The monoisotopic (exact) mass is 242 g/mol. The Kier molecular flexibility index (Phi) is 68.6. The zero-order valence-corrected chi connectivity index (χ0v) is 9.21. The molecule has 9 heavy (non-hydrogen) atoms. The fraction of sp³-hybridized carbons (Fsp3) is 0. The molecule has 0 atom stereocenters. The summed E-state index contributed by atoms with van der Waals surface area (Å²) < 4.78 is 0. The van der Waals surface area contributed by atoms with Gasteiger partial charge in [0.2, 0.25) is 0 Å². The first-order valence-corrected chi connectivity index (χ1v) is 8.34. The van der Waals surface area contributed by atoms with Gasteiger partial charge in [-0.2, -0.15) is 0 Å². The summed E-state index contributed by atoms with van der Waals surface area (Å²) in [5.41, 5.74) is 0. The van der Waals surface area contributed by atoms with Crippen molar-refractivity contribution < 1.29 is 20.8 Å². The molecule has 0 aromatic heterocycles. The summed E-state index contributed by atoms with van der Waals surface area (Å²) in [5, 5.41) is 0. The number of hydrogen-bond donors (Lipinski definition) is 0. The van der Waals surface area contributed by atoms with Gasteiger partial charge in [-0.1, -0.05) is 0 Å². The third-order valence-electron chi connectivity index (χ3n) is 0. The number of halogens is 2. The van der Waals surface area contributed by atoms with Crippen molar-refractivity contribution in [1.82, 2.24) is 0 Å². The SMILES string of the molecule is C=C[CH2-].C=C[CH2-].[Cl][Zr+2][Cl]. The van der Waals surface area contributed by atoms with E-state index in [9.17, 15) is 0 Å². The Morgan fingerprint density at radius 1 is 1.11 bits per heavy atom. The fourth-order valence-electron chi connectivity index (χ4n) is 0. The van der Waals surface area contributed by atoms with Crippen molar-refractivity contribution in [3.8, 4) is 0 Å². The minimum absolute atomic E-state index is 0.826. The molecule has 0 aromatic rings. The summed E-state index contributed by atoms with van der Waals surface area (Å²) in [5.74, 6) is 0. The van der Waals surface area contributed by atoms with Crippen LogP contribution in [0.15, 0.2) is 25.3 Å². The van der Waals surface area contributed by atoms with Gasteiger partial charge in [0.25, 0.3) is 0 Å². The van der Waals surface area contributed by atoms with Crippen molar-refractivity contribution in [2.75, 3.05) is 0 Å². The fourth-order valence-corrected chi connectivity index (χ4v) is 0. The zero-order chi connectivity index (χ0) is 8.12. The second-order valence-corrected chi connectivity index (χ2v) is 4.38. The van der Waals surface area contributed by atoms with E-state index in [4.69, 9.17) is 17.0 Å². The van der Waals surface area contributed by atoms with Gasteiger partial charge >= 0.3 is 37.9 Å². The molecule has 0 fully saturated rings. The molecule has 0 saturated carbocycles. The van der Waals surface area contributed by atoms with E-state index >= 15 is 0 Å². The molecule has 0 saturated heterocycles. The van der Waals surface area contributed by atoms with Crippen LogP contribution in [0.4, 0.5) is 0 Å². The Labute approximate surface area is 76.6 Å². The molecule has 0 aliphatic carbocycles. The molecule has 52 valence electrons. The van der Waals surface area contributed by atoms with E-state index in [0.717, 1.165) is 0 Å². The van der Waals surface area contributed by atoms with E-state index in [0.29, 0.717) is 0 Å². The van der Waals surface area contributed by atoms with Crippen LogP contribution in [0.5, 0.6) is 0 Å². The van der Waals surface area contributed by atoms with Crippen LogP contribution < -0.4 is 0 Å². The van der Waals surface area contributed by atoms with Gasteiger partial charge in [-0.3, -0.25) is 0 Å². The maximum absolute atomic E-state index is 4.93. The molecule has 3 heteroatoms. The van der Waals surface area contributed by atoms with Gasteiger partial charge in [-0.25, -0.2) is 39.2 Å². The van der Waals surface area contributed by atoms with Gasteiger partial charge in [0, 0.05) is 0 Å². The molecule has 0 aliphatic heterocycles. The second kappa shape index (κ2) is 37.8. The molecule has 0 aromatic carbocycles. The minimum atomic E-state index is -0.826. The number of allylic oxidation sites excluding steroid dienone is 2. The quantitative estimate of drug-likeness (QED) is 0.573. The van der Waals surface area contributed by atoms with E-state index < -0.39 is 20.8 Å². The van der Waals surface area contributed by atoms with Crippen LogP contribution in [0.1, 0.15) is 0 Å². The molecule has 0 nitrogen and oxygen atoms in total. The van der Waals surface area contributed by atoms with Crippen molar-refractivity contribution in [2.24, 2.45) is 0 Å². The van der Waals surface area contributed by atoms with Gasteiger partial charge in [-0.05, 0) is 0 Å². The average molecular weight is 244 g/mol. The Balaban J connectivity index is -0.0000000600. The third kappa shape index (κ3) is 831. The molecule has 0 N–H and O–H groups in total. The van der Waals surface area contributed by atoms with E-state index in [2.05, 4.69) is 27.0 Å². The first-order valence-electron chi connectivity index (χ1n) is 2.01. The predicted molar refractivity (Wildman–Crippen MR) is 42.8 cm³/mol. The van der Waals surface area contributed by atoms with Crippen molar-refractivity contribution in [3.63, 3.8) is 0 Å². The van der Waals surface area contributed by atoms with Gasteiger partial charge in [0.1, 0.15) is 0 Å². The summed E-state index contributed by atoms with van der Waals surface area (Å²) in [7, 11) is 9.87. The first-order chi connectivity index (χ1) is 4.24. The summed E-state index contributed by atoms with van der Waals surface area (Å²) in [6.45, 7) is 13.0.